The summed E-state index contributed by atoms with van der Waals surface area (Å²) in [4.78, 5) is 16.9. The number of hydrogen-bond acceptors (Lipinski definition) is 4. The molecule has 0 aliphatic carbocycles. The maximum Gasteiger partial charge on any atom is 0.254 e. The van der Waals surface area contributed by atoms with Crippen molar-refractivity contribution >= 4 is 24.0 Å². The predicted molar refractivity (Wildman–Crippen MR) is 89.9 cm³/mol. The van der Waals surface area contributed by atoms with Crippen LogP contribution in [-0.2, 0) is 6.42 Å². The number of piperazine rings is 1. The third-order valence-electron chi connectivity index (χ3n) is 4.40. The van der Waals surface area contributed by atoms with Gasteiger partial charge in [0, 0.05) is 50.5 Å². The van der Waals surface area contributed by atoms with Gasteiger partial charge >= 0.3 is 0 Å². The van der Waals surface area contributed by atoms with E-state index < -0.39 is 0 Å². The lowest BCUT2D eigenvalue weighted by Gasteiger charge is -2.35. The molecule has 22 heavy (non-hydrogen) atoms. The average Bonchev–Trinajstić information content (AvgIpc) is 2.55. The fraction of sp³-hybridized carbons (Fsp3) is 0.562. The first kappa shape index (κ1) is 17.1. The van der Waals surface area contributed by atoms with Gasteiger partial charge in [0.25, 0.3) is 5.91 Å². The molecule has 2 aliphatic heterocycles. The summed E-state index contributed by atoms with van der Waals surface area (Å²) in [5.74, 6) is 0.152. The number of amides is 1. The molecule has 5 nitrogen and oxygen atoms in total. The fourth-order valence-corrected chi connectivity index (χ4v) is 3.20. The molecule has 122 valence electrons. The van der Waals surface area contributed by atoms with Crippen LogP contribution in [0, 0.1) is 0 Å². The molecule has 0 bridgehead atoms. The van der Waals surface area contributed by atoms with Crippen molar-refractivity contribution in [1.82, 2.24) is 9.80 Å². The zero-order valence-corrected chi connectivity index (χ0v) is 13.6. The first-order valence-corrected chi connectivity index (χ1v) is 7.78. The Morgan fingerprint density at radius 3 is 2.73 bits per heavy atom. The molecule has 1 aromatic rings. The van der Waals surface area contributed by atoms with Crippen molar-refractivity contribution in [3.05, 3.63) is 29.3 Å². The third kappa shape index (κ3) is 3.54. The largest absolute Gasteiger partial charge is 0.395 e. The molecule has 2 N–H and O–H groups in total. The van der Waals surface area contributed by atoms with Crippen molar-refractivity contribution in [3.8, 4) is 0 Å². The van der Waals surface area contributed by atoms with E-state index >= 15 is 0 Å². The Balaban J connectivity index is 0.00000176. The lowest BCUT2D eigenvalue weighted by Crippen LogP contribution is -2.49. The topological polar surface area (TPSA) is 55.8 Å². The van der Waals surface area contributed by atoms with Gasteiger partial charge in [-0.15, -0.1) is 12.4 Å². The van der Waals surface area contributed by atoms with Crippen molar-refractivity contribution in [3.63, 3.8) is 0 Å². The van der Waals surface area contributed by atoms with Crippen molar-refractivity contribution in [2.75, 3.05) is 51.2 Å². The molecule has 0 saturated carbocycles. The van der Waals surface area contributed by atoms with E-state index in [1.807, 2.05) is 17.0 Å². The molecule has 0 atom stereocenters. The number of nitrogens with one attached hydrogen (secondary N) is 1. The van der Waals surface area contributed by atoms with Crippen molar-refractivity contribution < 1.29 is 9.90 Å². The number of carbonyl (C=O) groups excluding carboxylic acids is 1. The number of fused-ring (bicyclic) bond motifs is 1. The first-order chi connectivity index (χ1) is 10.3. The van der Waals surface area contributed by atoms with Gasteiger partial charge in [0.1, 0.15) is 0 Å². The number of anilines is 1. The first-order valence-electron chi connectivity index (χ1n) is 7.78. The van der Waals surface area contributed by atoms with E-state index in [2.05, 4.69) is 16.3 Å². The molecule has 0 radical (unpaired) electrons. The molecule has 3 rings (SSSR count). The molecule has 1 saturated heterocycles. The lowest BCUT2D eigenvalue weighted by molar-refractivity contribution is 0.0614. The second-order valence-corrected chi connectivity index (χ2v) is 5.72. The standard InChI is InChI=1S/C16H23N3O2.ClH/c20-12-11-18-7-9-19(10-8-18)16(21)14-3-1-5-15-13(14)4-2-6-17-15;/h1,3,5,17,20H,2,4,6-12H2;1H. The van der Waals surface area contributed by atoms with Crippen LogP contribution in [0.25, 0.3) is 0 Å². The Labute approximate surface area is 137 Å². The molecule has 6 heteroatoms. The highest BCUT2D eigenvalue weighted by atomic mass is 35.5. The van der Waals surface area contributed by atoms with Crippen LogP contribution in [0.4, 0.5) is 5.69 Å². The molecule has 1 amide bonds. The Bertz CT molecular complexity index is 516. The number of hydrogen-bond donors (Lipinski definition) is 2. The van der Waals surface area contributed by atoms with Crippen molar-refractivity contribution in [1.29, 1.82) is 0 Å². The van der Waals surface area contributed by atoms with E-state index in [0.29, 0.717) is 6.54 Å². The molecule has 0 unspecified atom stereocenters. The second-order valence-electron chi connectivity index (χ2n) is 5.72. The maximum absolute atomic E-state index is 12.8. The van der Waals surface area contributed by atoms with Gasteiger partial charge in [-0.05, 0) is 30.5 Å². The minimum Gasteiger partial charge on any atom is -0.395 e. The average molecular weight is 326 g/mol. The fourth-order valence-electron chi connectivity index (χ4n) is 3.20. The van der Waals surface area contributed by atoms with E-state index in [4.69, 9.17) is 5.11 Å². The number of β-amino-alcohol motifs (C(OH)–C–C–N with tert-alkyl or cyclic N) is 1. The van der Waals surface area contributed by atoms with Crippen LogP contribution >= 0.6 is 12.4 Å². The van der Waals surface area contributed by atoms with Crippen molar-refractivity contribution in [2.45, 2.75) is 12.8 Å². The SMILES string of the molecule is Cl.O=C(c1cccc2c1CCCN2)N1CCN(CCO)CC1. The van der Waals surface area contributed by atoms with Crippen LogP contribution in [0.5, 0.6) is 0 Å². The minimum atomic E-state index is 0. The third-order valence-corrected chi connectivity index (χ3v) is 4.40. The van der Waals surface area contributed by atoms with Gasteiger partial charge < -0.3 is 15.3 Å². The molecular formula is C16H24ClN3O2. The van der Waals surface area contributed by atoms with E-state index in [0.717, 1.165) is 56.8 Å². The smallest absolute Gasteiger partial charge is 0.254 e. The van der Waals surface area contributed by atoms with Crippen molar-refractivity contribution in [2.24, 2.45) is 0 Å². The summed E-state index contributed by atoms with van der Waals surface area (Å²) in [6.07, 6.45) is 2.07. The quantitative estimate of drug-likeness (QED) is 0.877. The number of rotatable bonds is 3. The predicted octanol–water partition coefficient (Wildman–Crippen LogP) is 1.22. The molecule has 1 aromatic carbocycles. The summed E-state index contributed by atoms with van der Waals surface area (Å²) in [7, 11) is 0. The Hall–Kier alpha value is -1.30. The van der Waals surface area contributed by atoms with E-state index in [1.165, 1.54) is 5.56 Å². The number of benzene rings is 1. The van der Waals surface area contributed by atoms with E-state index in [1.54, 1.807) is 0 Å². The Kier molecular flexibility index (Phi) is 6.06. The summed E-state index contributed by atoms with van der Waals surface area (Å²) in [6, 6.07) is 5.98. The normalized spacial score (nSPS) is 18.1. The van der Waals surface area contributed by atoms with Gasteiger partial charge in [0.05, 0.1) is 6.61 Å². The van der Waals surface area contributed by atoms with Crippen LogP contribution in [0.1, 0.15) is 22.3 Å². The molecule has 0 spiro atoms. The van der Waals surface area contributed by atoms with Crippen LogP contribution in [0.3, 0.4) is 0 Å². The van der Waals surface area contributed by atoms with Gasteiger partial charge in [-0.1, -0.05) is 6.07 Å². The maximum atomic E-state index is 12.8. The number of halogens is 1. The number of carbonyl (C=O) groups is 1. The van der Waals surface area contributed by atoms with Crippen LogP contribution < -0.4 is 5.32 Å². The highest BCUT2D eigenvalue weighted by Gasteiger charge is 2.25. The van der Waals surface area contributed by atoms with Gasteiger partial charge in [-0.3, -0.25) is 9.69 Å². The van der Waals surface area contributed by atoms with Gasteiger partial charge in [0.15, 0.2) is 0 Å². The highest BCUT2D eigenvalue weighted by molar-refractivity contribution is 5.97. The van der Waals surface area contributed by atoms with E-state index in [9.17, 15) is 4.79 Å². The highest BCUT2D eigenvalue weighted by Crippen LogP contribution is 2.26. The molecule has 2 heterocycles. The Morgan fingerprint density at radius 1 is 1.23 bits per heavy atom. The minimum absolute atomic E-state index is 0. The van der Waals surface area contributed by atoms with Gasteiger partial charge in [0.2, 0.25) is 0 Å². The molecular weight excluding hydrogens is 302 g/mol. The zero-order chi connectivity index (χ0) is 14.7. The summed E-state index contributed by atoms with van der Waals surface area (Å²) >= 11 is 0. The molecule has 0 aromatic heterocycles. The summed E-state index contributed by atoms with van der Waals surface area (Å²) in [6.45, 7) is 5.06. The monoisotopic (exact) mass is 325 g/mol. The molecule has 1 fully saturated rings. The van der Waals surface area contributed by atoms with Gasteiger partial charge in [-0.25, -0.2) is 0 Å². The lowest BCUT2D eigenvalue weighted by atomic mass is 9.96. The van der Waals surface area contributed by atoms with Crippen LogP contribution in [0.2, 0.25) is 0 Å². The zero-order valence-electron chi connectivity index (χ0n) is 12.8. The summed E-state index contributed by atoms with van der Waals surface area (Å²) in [5, 5.41) is 12.4. The second kappa shape index (κ2) is 7.81. The number of aliphatic hydroxyl groups is 1. The van der Waals surface area contributed by atoms with Gasteiger partial charge in [-0.2, -0.15) is 0 Å². The number of nitrogens with zero attached hydrogens (tertiary/aromatic N) is 2. The number of aliphatic hydroxyl groups excluding tert-OH is 1. The summed E-state index contributed by atoms with van der Waals surface area (Å²) < 4.78 is 0. The Morgan fingerprint density at radius 2 is 2.00 bits per heavy atom. The van der Waals surface area contributed by atoms with Crippen LogP contribution in [0.15, 0.2) is 18.2 Å². The van der Waals surface area contributed by atoms with Crippen LogP contribution in [-0.4, -0.2) is 66.7 Å². The summed E-state index contributed by atoms with van der Waals surface area (Å²) in [5.41, 5.74) is 3.15. The van der Waals surface area contributed by atoms with E-state index in [-0.39, 0.29) is 24.9 Å². The molecule has 2 aliphatic rings.